The van der Waals surface area contributed by atoms with Gasteiger partial charge in [-0.1, -0.05) is 0 Å². The third-order valence-electron chi connectivity index (χ3n) is 3.85. The third-order valence-corrected chi connectivity index (χ3v) is 4.04. The van der Waals surface area contributed by atoms with Crippen LogP contribution in [0.1, 0.15) is 11.4 Å². The minimum Gasteiger partial charge on any atom is -0.374 e. The van der Waals surface area contributed by atoms with E-state index in [4.69, 9.17) is 21.3 Å². The fraction of sp³-hybridized carbons (Fsp3) is 0.600. The van der Waals surface area contributed by atoms with E-state index in [2.05, 4.69) is 27.6 Å². The second-order valence-corrected chi connectivity index (χ2v) is 6.07. The molecule has 1 atom stereocenters. The fourth-order valence-corrected chi connectivity index (χ4v) is 2.98. The number of likely N-dealkylation sites (N-methyl/N-ethyl adjacent to an activating group) is 1. The Bertz CT molecular complexity index is 627. The summed E-state index contributed by atoms with van der Waals surface area (Å²) in [6, 6.07) is 2.07. The summed E-state index contributed by atoms with van der Waals surface area (Å²) in [7, 11) is 2.13. The van der Waals surface area contributed by atoms with E-state index < -0.39 is 0 Å². The zero-order valence-corrected chi connectivity index (χ0v) is 13.3. The van der Waals surface area contributed by atoms with Gasteiger partial charge in [-0.25, -0.2) is 9.97 Å². The van der Waals surface area contributed by atoms with Crippen molar-refractivity contribution in [3.8, 4) is 0 Å². The fourth-order valence-electron chi connectivity index (χ4n) is 2.81. The van der Waals surface area contributed by atoms with Gasteiger partial charge in [0.2, 0.25) is 0 Å². The highest BCUT2D eigenvalue weighted by atomic mass is 35.5. The Morgan fingerprint density at radius 2 is 2.33 bits per heavy atom. The standard InChI is InChI=1S/C15H21ClN4O/c1-11-7-13-15(17-8-11)20(14(18-13)3-4-16)10-12-9-19(2)5-6-21-12/h7-8,12H,3-6,9-10H2,1-2H3. The van der Waals surface area contributed by atoms with Gasteiger partial charge >= 0.3 is 0 Å². The van der Waals surface area contributed by atoms with Crippen LogP contribution in [0, 0.1) is 6.92 Å². The lowest BCUT2D eigenvalue weighted by Gasteiger charge is -2.30. The average Bonchev–Trinajstić information content (AvgIpc) is 2.76. The van der Waals surface area contributed by atoms with Crippen molar-refractivity contribution in [1.29, 1.82) is 0 Å². The molecule has 5 nitrogen and oxygen atoms in total. The summed E-state index contributed by atoms with van der Waals surface area (Å²) in [6.45, 7) is 5.53. The van der Waals surface area contributed by atoms with Crippen molar-refractivity contribution < 1.29 is 4.74 Å². The van der Waals surface area contributed by atoms with E-state index in [-0.39, 0.29) is 6.10 Å². The van der Waals surface area contributed by atoms with Gasteiger partial charge < -0.3 is 14.2 Å². The number of aromatic nitrogens is 3. The van der Waals surface area contributed by atoms with E-state index in [1.165, 1.54) is 0 Å². The molecule has 1 fully saturated rings. The lowest BCUT2D eigenvalue weighted by atomic mass is 10.2. The first-order chi connectivity index (χ1) is 10.2. The zero-order valence-electron chi connectivity index (χ0n) is 12.5. The SMILES string of the molecule is Cc1cnc2c(c1)nc(CCCl)n2CC1CN(C)CCO1. The Balaban J connectivity index is 1.93. The van der Waals surface area contributed by atoms with E-state index in [0.717, 1.165) is 55.2 Å². The molecule has 6 heteroatoms. The molecule has 1 unspecified atom stereocenters. The number of hydrogen-bond acceptors (Lipinski definition) is 4. The number of halogens is 1. The van der Waals surface area contributed by atoms with Crippen LogP contribution >= 0.6 is 11.6 Å². The molecule has 0 radical (unpaired) electrons. The molecule has 3 rings (SSSR count). The topological polar surface area (TPSA) is 43.2 Å². The van der Waals surface area contributed by atoms with Crippen molar-refractivity contribution in [3.05, 3.63) is 23.7 Å². The van der Waals surface area contributed by atoms with E-state index >= 15 is 0 Å². The summed E-state index contributed by atoms with van der Waals surface area (Å²) >= 11 is 5.92. The summed E-state index contributed by atoms with van der Waals surface area (Å²) in [5.74, 6) is 1.56. The van der Waals surface area contributed by atoms with Crippen LogP contribution < -0.4 is 0 Å². The third kappa shape index (κ3) is 3.20. The van der Waals surface area contributed by atoms with Crippen molar-refractivity contribution in [2.45, 2.75) is 26.0 Å². The number of alkyl halides is 1. The van der Waals surface area contributed by atoms with Crippen LogP contribution in [0.4, 0.5) is 0 Å². The summed E-state index contributed by atoms with van der Waals surface area (Å²) in [5.41, 5.74) is 3.00. The summed E-state index contributed by atoms with van der Waals surface area (Å²) < 4.78 is 8.04. The molecule has 114 valence electrons. The first-order valence-electron chi connectivity index (χ1n) is 7.35. The van der Waals surface area contributed by atoms with Gasteiger partial charge in [-0.2, -0.15) is 0 Å². The normalized spacial score (nSPS) is 20.2. The Labute approximate surface area is 129 Å². The first-order valence-corrected chi connectivity index (χ1v) is 7.88. The van der Waals surface area contributed by atoms with Gasteiger partial charge in [-0.05, 0) is 25.6 Å². The van der Waals surface area contributed by atoms with Crippen LogP contribution in [0.5, 0.6) is 0 Å². The highest BCUT2D eigenvalue weighted by Crippen LogP contribution is 2.18. The first kappa shape index (κ1) is 14.8. The van der Waals surface area contributed by atoms with E-state index in [9.17, 15) is 0 Å². The van der Waals surface area contributed by atoms with Gasteiger partial charge in [0.05, 0.1) is 19.3 Å². The van der Waals surface area contributed by atoms with Gasteiger partial charge in [0.25, 0.3) is 0 Å². The maximum Gasteiger partial charge on any atom is 0.160 e. The number of morpholine rings is 1. The van der Waals surface area contributed by atoms with Gasteiger partial charge in [0.1, 0.15) is 11.3 Å². The van der Waals surface area contributed by atoms with Crippen LogP contribution in [0.3, 0.4) is 0 Å². The van der Waals surface area contributed by atoms with Crippen molar-refractivity contribution in [1.82, 2.24) is 19.4 Å². The summed E-state index contributed by atoms with van der Waals surface area (Å²) in [4.78, 5) is 11.5. The molecular weight excluding hydrogens is 288 g/mol. The van der Waals surface area contributed by atoms with E-state index in [0.29, 0.717) is 5.88 Å². The Morgan fingerprint density at radius 3 is 3.10 bits per heavy atom. The van der Waals surface area contributed by atoms with Gasteiger partial charge in [-0.15, -0.1) is 11.6 Å². The monoisotopic (exact) mass is 308 g/mol. The second-order valence-electron chi connectivity index (χ2n) is 5.69. The quantitative estimate of drug-likeness (QED) is 0.809. The lowest BCUT2D eigenvalue weighted by molar-refractivity contribution is -0.0273. The van der Waals surface area contributed by atoms with Crippen LogP contribution in [-0.2, 0) is 17.7 Å². The van der Waals surface area contributed by atoms with Crippen molar-refractivity contribution >= 4 is 22.8 Å². The molecule has 0 amide bonds. The van der Waals surface area contributed by atoms with Crippen molar-refractivity contribution in [2.24, 2.45) is 0 Å². The van der Waals surface area contributed by atoms with Crippen molar-refractivity contribution in [2.75, 3.05) is 32.6 Å². The highest BCUT2D eigenvalue weighted by Gasteiger charge is 2.21. The molecule has 0 N–H and O–H groups in total. The number of imidazole rings is 1. The maximum absolute atomic E-state index is 5.92. The van der Waals surface area contributed by atoms with Gasteiger partial charge in [0, 0.05) is 31.6 Å². The van der Waals surface area contributed by atoms with Crippen LogP contribution in [0.25, 0.3) is 11.2 Å². The van der Waals surface area contributed by atoms with E-state index in [1.54, 1.807) is 0 Å². The largest absolute Gasteiger partial charge is 0.374 e. The molecule has 3 heterocycles. The molecule has 0 aliphatic carbocycles. The molecular formula is C15H21ClN4O. The molecule has 21 heavy (non-hydrogen) atoms. The molecule has 2 aromatic rings. The maximum atomic E-state index is 5.92. The number of fused-ring (bicyclic) bond motifs is 1. The molecule has 0 saturated carbocycles. The van der Waals surface area contributed by atoms with Crippen LogP contribution in [0.2, 0.25) is 0 Å². The second kappa shape index (κ2) is 6.30. The summed E-state index contributed by atoms with van der Waals surface area (Å²) in [6.07, 6.45) is 2.82. The number of aryl methyl sites for hydroxylation is 2. The van der Waals surface area contributed by atoms with Crippen molar-refractivity contribution in [3.63, 3.8) is 0 Å². The average molecular weight is 309 g/mol. The number of ether oxygens (including phenoxy) is 1. The van der Waals surface area contributed by atoms with Crippen LogP contribution in [-0.4, -0.2) is 58.2 Å². The number of hydrogen-bond donors (Lipinski definition) is 0. The van der Waals surface area contributed by atoms with Gasteiger partial charge in [-0.3, -0.25) is 0 Å². The van der Waals surface area contributed by atoms with E-state index in [1.807, 2.05) is 13.1 Å². The minimum absolute atomic E-state index is 0.179. The Morgan fingerprint density at radius 1 is 1.48 bits per heavy atom. The number of rotatable bonds is 4. The molecule has 2 aromatic heterocycles. The summed E-state index contributed by atoms with van der Waals surface area (Å²) in [5, 5.41) is 0. The van der Waals surface area contributed by atoms with Gasteiger partial charge in [0.15, 0.2) is 5.65 Å². The smallest absolute Gasteiger partial charge is 0.160 e. The van der Waals surface area contributed by atoms with Crippen LogP contribution in [0.15, 0.2) is 12.3 Å². The Kier molecular flexibility index (Phi) is 4.42. The lowest BCUT2D eigenvalue weighted by Crippen LogP contribution is -2.42. The molecule has 1 saturated heterocycles. The minimum atomic E-state index is 0.179. The molecule has 0 bridgehead atoms. The molecule has 0 aromatic carbocycles. The molecule has 1 aliphatic rings. The molecule has 1 aliphatic heterocycles. The number of pyridine rings is 1. The molecule has 0 spiro atoms. The predicted molar refractivity (Wildman–Crippen MR) is 83.9 cm³/mol. The number of nitrogens with zero attached hydrogens (tertiary/aromatic N) is 4. The predicted octanol–water partition coefficient (Wildman–Crippen LogP) is 1.85. The highest BCUT2D eigenvalue weighted by molar-refractivity contribution is 6.17. The Hall–Kier alpha value is -1.17. The zero-order chi connectivity index (χ0) is 14.8.